The Kier molecular flexibility index (Phi) is 4.01. The number of hydrogen-bond acceptors (Lipinski definition) is 5. The number of anilines is 1. The van der Waals surface area contributed by atoms with Gasteiger partial charge < -0.3 is 4.90 Å². The van der Waals surface area contributed by atoms with E-state index in [-0.39, 0.29) is 16.5 Å². The van der Waals surface area contributed by atoms with Gasteiger partial charge in [-0.2, -0.15) is 0 Å². The fraction of sp³-hybridized carbons (Fsp3) is 0.154. The molecule has 8 heteroatoms. The number of aromatic nitrogens is 2. The first kappa shape index (κ1) is 15.1. The molecule has 0 saturated carbocycles. The lowest BCUT2D eigenvalue weighted by atomic mass is 10.2. The van der Waals surface area contributed by atoms with Crippen molar-refractivity contribution in [1.82, 2.24) is 9.97 Å². The molecule has 0 saturated heterocycles. The number of aryl methyl sites for hydroxylation is 1. The van der Waals surface area contributed by atoms with Crippen LogP contribution >= 0.6 is 0 Å². The van der Waals surface area contributed by atoms with Gasteiger partial charge in [0.05, 0.1) is 16.8 Å². The topological polar surface area (TPSA) is 106 Å². The first-order valence-electron chi connectivity index (χ1n) is 5.98. The molecule has 7 nitrogen and oxygen atoms in total. The van der Waals surface area contributed by atoms with Gasteiger partial charge in [0.2, 0.25) is 10.0 Å². The normalized spacial score (nSPS) is 11.2. The Bertz CT molecular complexity index is 755. The van der Waals surface area contributed by atoms with E-state index in [0.29, 0.717) is 11.4 Å². The Morgan fingerprint density at radius 1 is 1.14 bits per heavy atom. The maximum atomic E-state index is 12.2. The molecule has 0 bridgehead atoms. The van der Waals surface area contributed by atoms with Crippen molar-refractivity contribution in [3.05, 3.63) is 48.0 Å². The van der Waals surface area contributed by atoms with Crippen LogP contribution in [-0.2, 0) is 10.0 Å². The van der Waals surface area contributed by atoms with Crippen molar-refractivity contribution >= 4 is 21.6 Å². The molecule has 0 spiro atoms. The highest BCUT2D eigenvalue weighted by molar-refractivity contribution is 7.89. The van der Waals surface area contributed by atoms with Gasteiger partial charge in [-0.15, -0.1) is 0 Å². The molecule has 21 heavy (non-hydrogen) atoms. The predicted molar refractivity (Wildman–Crippen MR) is 77.3 cm³/mol. The molecule has 110 valence electrons. The Hall–Kier alpha value is -2.32. The summed E-state index contributed by atoms with van der Waals surface area (Å²) in [6, 6.07) is 5.68. The van der Waals surface area contributed by atoms with Gasteiger partial charge in [0.25, 0.3) is 5.91 Å². The molecule has 0 aliphatic carbocycles. The van der Waals surface area contributed by atoms with Gasteiger partial charge in [-0.3, -0.25) is 9.78 Å². The molecule has 2 N–H and O–H groups in total. The maximum absolute atomic E-state index is 12.2. The number of primary sulfonamides is 1. The van der Waals surface area contributed by atoms with Crippen LogP contribution in [0.1, 0.15) is 16.2 Å². The maximum Gasteiger partial charge on any atom is 0.278 e. The molecular formula is C13H14N4O3S. The highest BCUT2D eigenvalue weighted by Crippen LogP contribution is 2.17. The summed E-state index contributed by atoms with van der Waals surface area (Å²) in [7, 11) is -2.18. The highest BCUT2D eigenvalue weighted by atomic mass is 32.2. The number of sulfonamides is 1. The number of carbonyl (C=O) groups excluding carboxylic acids is 1. The number of hydrogen-bond donors (Lipinski definition) is 1. The van der Waals surface area contributed by atoms with E-state index in [0.717, 1.165) is 0 Å². The minimum Gasteiger partial charge on any atom is -0.310 e. The number of nitrogens with two attached hydrogens (primary N) is 1. The van der Waals surface area contributed by atoms with E-state index >= 15 is 0 Å². The SMILES string of the molecule is Cc1cnc(C(=O)N(C)c2ccc(S(N)(=O)=O)cc2)cn1. The monoisotopic (exact) mass is 306 g/mol. The van der Waals surface area contributed by atoms with Crippen molar-refractivity contribution in [2.75, 3.05) is 11.9 Å². The molecule has 0 radical (unpaired) electrons. The van der Waals surface area contributed by atoms with Crippen LogP contribution in [0, 0.1) is 6.92 Å². The first-order chi connectivity index (χ1) is 9.79. The van der Waals surface area contributed by atoms with Crippen LogP contribution in [0.25, 0.3) is 0 Å². The van der Waals surface area contributed by atoms with Crippen LogP contribution in [-0.4, -0.2) is 31.3 Å². The molecule has 1 heterocycles. The van der Waals surface area contributed by atoms with Crippen molar-refractivity contribution in [2.45, 2.75) is 11.8 Å². The molecular weight excluding hydrogens is 292 g/mol. The van der Waals surface area contributed by atoms with Crippen LogP contribution in [0.3, 0.4) is 0 Å². The summed E-state index contributed by atoms with van der Waals surface area (Å²) in [6.07, 6.45) is 2.90. The molecule has 0 unspecified atom stereocenters. The molecule has 1 aromatic heterocycles. The summed E-state index contributed by atoms with van der Waals surface area (Å²) in [5.74, 6) is -0.342. The van der Waals surface area contributed by atoms with E-state index in [9.17, 15) is 13.2 Å². The molecule has 0 fully saturated rings. The van der Waals surface area contributed by atoms with Crippen LogP contribution in [0.15, 0.2) is 41.6 Å². The molecule has 0 atom stereocenters. The van der Waals surface area contributed by atoms with E-state index in [4.69, 9.17) is 5.14 Å². The van der Waals surface area contributed by atoms with E-state index in [1.807, 2.05) is 0 Å². The van der Waals surface area contributed by atoms with Crippen molar-refractivity contribution in [3.8, 4) is 0 Å². The van der Waals surface area contributed by atoms with Gasteiger partial charge in [0, 0.05) is 18.9 Å². The number of nitrogens with zero attached hydrogens (tertiary/aromatic N) is 3. The zero-order valence-corrected chi connectivity index (χ0v) is 12.3. The minimum absolute atomic E-state index is 0.0118. The number of amides is 1. The third kappa shape index (κ3) is 3.41. The zero-order chi connectivity index (χ0) is 15.6. The van der Waals surface area contributed by atoms with Gasteiger partial charge in [0.1, 0.15) is 5.69 Å². The summed E-state index contributed by atoms with van der Waals surface area (Å²) in [4.78, 5) is 21.6. The largest absolute Gasteiger partial charge is 0.310 e. The van der Waals surface area contributed by atoms with Crippen LogP contribution in [0.5, 0.6) is 0 Å². The van der Waals surface area contributed by atoms with Crippen LogP contribution in [0.2, 0.25) is 0 Å². The summed E-state index contributed by atoms with van der Waals surface area (Å²) in [5, 5.41) is 5.02. The van der Waals surface area contributed by atoms with Crippen LogP contribution < -0.4 is 10.0 Å². The minimum atomic E-state index is -3.75. The Labute approximate surface area is 122 Å². The molecule has 2 aromatic rings. The lowest BCUT2D eigenvalue weighted by Crippen LogP contribution is -2.27. The average Bonchev–Trinajstić information content (AvgIpc) is 2.46. The highest BCUT2D eigenvalue weighted by Gasteiger charge is 2.16. The Morgan fingerprint density at radius 2 is 1.76 bits per heavy atom. The van der Waals surface area contributed by atoms with Crippen molar-refractivity contribution in [1.29, 1.82) is 0 Å². The van der Waals surface area contributed by atoms with E-state index < -0.39 is 10.0 Å². The van der Waals surface area contributed by atoms with E-state index in [2.05, 4.69) is 9.97 Å². The predicted octanol–water partition coefficient (Wildman–Crippen LogP) is 0.709. The molecule has 2 rings (SSSR count). The Morgan fingerprint density at radius 3 is 2.24 bits per heavy atom. The lowest BCUT2D eigenvalue weighted by molar-refractivity contribution is 0.0988. The molecule has 0 aliphatic rings. The standard InChI is InChI=1S/C13H14N4O3S/c1-9-7-16-12(8-15-9)13(18)17(2)10-3-5-11(6-4-10)21(14,19)20/h3-8H,1-2H3,(H2,14,19,20). The van der Waals surface area contributed by atoms with Crippen molar-refractivity contribution < 1.29 is 13.2 Å². The van der Waals surface area contributed by atoms with E-state index in [1.54, 1.807) is 14.0 Å². The molecule has 1 amide bonds. The summed E-state index contributed by atoms with van der Waals surface area (Å²) >= 11 is 0. The van der Waals surface area contributed by atoms with Gasteiger partial charge in [0.15, 0.2) is 0 Å². The van der Waals surface area contributed by atoms with Gasteiger partial charge in [-0.25, -0.2) is 18.5 Å². The third-order valence-electron chi connectivity index (χ3n) is 2.86. The summed E-state index contributed by atoms with van der Waals surface area (Å²) in [6.45, 7) is 1.77. The Balaban J connectivity index is 2.25. The number of benzene rings is 1. The molecule has 1 aromatic carbocycles. The van der Waals surface area contributed by atoms with Gasteiger partial charge >= 0.3 is 0 Å². The second kappa shape index (κ2) is 5.58. The summed E-state index contributed by atoms with van der Waals surface area (Å²) in [5.41, 5.74) is 1.44. The second-order valence-electron chi connectivity index (χ2n) is 4.45. The quantitative estimate of drug-likeness (QED) is 0.898. The fourth-order valence-corrected chi connectivity index (χ4v) is 2.17. The smallest absolute Gasteiger partial charge is 0.278 e. The average molecular weight is 306 g/mol. The third-order valence-corrected chi connectivity index (χ3v) is 3.79. The number of rotatable bonds is 3. The summed E-state index contributed by atoms with van der Waals surface area (Å²) < 4.78 is 22.4. The fourth-order valence-electron chi connectivity index (χ4n) is 1.65. The van der Waals surface area contributed by atoms with E-state index in [1.165, 1.54) is 41.6 Å². The first-order valence-corrected chi connectivity index (χ1v) is 7.53. The second-order valence-corrected chi connectivity index (χ2v) is 6.01. The van der Waals surface area contributed by atoms with Gasteiger partial charge in [-0.05, 0) is 31.2 Å². The van der Waals surface area contributed by atoms with Crippen molar-refractivity contribution in [3.63, 3.8) is 0 Å². The van der Waals surface area contributed by atoms with Gasteiger partial charge in [-0.1, -0.05) is 0 Å². The number of carbonyl (C=O) groups is 1. The lowest BCUT2D eigenvalue weighted by Gasteiger charge is -2.16. The molecule has 0 aliphatic heterocycles. The van der Waals surface area contributed by atoms with Crippen LogP contribution in [0.4, 0.5) is 5.69 Å². The van der Waals surface area contributed by atoms with Crippen molar-refractivity contribution in [2.24, 2.45) is 5.14 Å². The zero-order valence-electron chi connectivity index (χ0n) is 11.5.